The predicted molar refractivity (Wildman–Crippen MR) is 95.5 cm³/mol. The van der Waals surface area contributed by atoms with E-state index in [1.165, 1.54) is 22.3 Å². The molecule has 1 saturated heterocycles. The van der Waals surface area contributed by atoms with Crippen LogP contribution < -0.4 is 0 Å². The fourth-order valence-electron chi connectivity index (χ4n) is 4.08. The maximum Gasteiger partial charge on any atom is 0.410 e. The van der Waals surface area contributed by atoms with E-state index in [9.17, 15) is 9.59 Å². The van der Waals surface area contributed by atoms with Crippen LogP contribution in [0.4, 0.5) is 4.79 Å². The lowest BCUT2D eigenvalue weighted by molar-refractivity contribution is -0.120. The van der Waals surface area contributed by atoms with Crippen molar-refractivity contribution in [3.05, 3.63) is 59.7 Å². The van der Waals surface area contributed by atoms with Gasteiger partial charge in [0.15, 0.2) is 5.78 Å². The van der Waals surface area contributed by atoms with Crippen molar-refractivity contribution in [2.24, 2.45) is 0 Å². The molecule has 1 amide bonds. The van der Waals surface area contributed by atoms with Gasteiger partial charge in [-0.05, 0) is 42.0 Å². The monoisotopic (exact) mass is 335 g/mol. The van der Waals surface area contributed by atoms with Crippen LogP contribution in [0, 0.1) is 0 Å². The molecular weight excluding hydrogens is 314 g/mol. The summed E-state index contributed by atoms with van der Waals surface area (Å²) in [4.78, 5) is 25.8. The fourth-order valence-corrected chi connectivity index (χ4v) is 4.08. The van der Waals surface area contributed by atoms with Gasteiger partial charge in [-0.25, -0.2) is 4.79 Å². The summed E-state index contributed by atoms with van der Waals surface area (Å²) in [6, 6.07) is 16.2. The number of carbonyl (C=O) groups is 2. The van der Waals surface area contributed by atoms with Crippen molar-refractivity contribution in [3.63, 3.8) is 0 Å². The van der Waals surface area contributed by atoms with E-state index < -0.39 is 0 Å². The number of nitrogens with zero attached hydrogens (tertiary/aromatic N) is 1. The second-order valence-electron chi connectivity index (χ2n) is 6.77. The van der Waals surface area contributed by atoms with Gasteiger partial charge >= 0.3 is 6.09 Å². The second kappa shape index (κ2) is 6.36. The van der Waals surface area contributed by atoms with Crippen LogP contribution in [-0.4, -0.2) is 36.0 Å². The minimum absolute atomic E-state index is 0.0333. The Balaban J connectivity index is 1.53. The quantitative estimate of drug-likeness (QED) is 0.852. The van der Waals surface area contributed by atoms with Gasteiger partial charge in [0.1, 0.15) is 6.61 Å². The molecule has 2 aromatic rings. The smallest absolute Gasteiger partial charge is 0.410 e. The highest BCUT2D eigenvalue weighted by Gasteiger charge is 2.34. The van der Waals surface area contributed by atoms with E-state index in [4.69, 9.17) is 4.74 Å². The number of fused-ring (bicyclic) bond motifs is 3. The molecule has 2 aliphatic rings. The molecule has 4 heteroatoms. The average Bonchev–Trinajstić information content (AvgIpc) is 3.23. The molecule has 1 aliphatic heterocycles. The summed E-state index contributed by atoms with van der Waals surface area (Å²) in [5, 5.41) is 0. The van der Waals surface area contributed by atoms with Gasteiger partial charge in [0, 0.05) is 12.5 Å². The van der Waals surface area contributed by atoms with Gasteiger partial charge in [-0.2, -0.15) is 0 Å². The van der Waals surface area contributed by atoms with Crippen molar-refractivity contribution in [1.29, 1.82) is 0 Å². The molecular formula is C21H21NO3. The zero-order chi connectivity index (χ0) is 17.4. The van der Waals surface area contributed by atoms with E-state index in [1.807, 2.05) is 24.3 Å². The van der Waals surface area contributed by atoms with E-state index in [-0.39, 0.29) is 23.8 Å². The molecule has 128 valence electrons. The maximum absolute atomic E-state index is 12.5. The van der Waals surface area contributed by atoms with E-state index in [2.05, 4.69) is 24.3 Å². The highest BCUT2D eigenvalue weighted by atomic mass is 16.6. The van der Waals surface area contributed by atoms with Gasteiger partial charge < -0.3 is 4.74 Å². The lowest BCUT2D eigenvalue weighted by Crippen LogP contribution is -2.40. The number of likely N-dealkylation sites (tertiary alicyclic amines) is 1. The molecule has 0 bridgehead atoms. The molecule has 2 aromatic carbocycles. The Hall–Kier alpha value is -2.62. The molecule has 1 aliphatic carbocycles. The van der Waals surface area contributed by atoms with Gasteiger partial charge in [0.25, 0.3) is 0 Å². The van der Waals surface area contributed by atoms with E-state index in [1.54, 1.807) is 11.8 Å². The van der Waals surface area contributed by atoms with Crippen molar-refractivity contribution in [1.82, 2.24) is 4.90 Å². The first kappa shape index (κ1) is 15.9. The number of Topliss-reactive ketones (excluding diaryl/α,β-unsaturated/α-hetero) is 1. The molecule has 0 radical (unpaired) electrons. The van der Waals surface area contributed by atoms with Crippen LogP contribution in [0.3, 0.4) is 0 Å². The van der Waals surface area contributed by atoms with Crippen molar-refractivity contribution in [2.45, 2.75) is 31.7 Å². The Labute approximate surface area is 147 Å². The molecule has 0 spiro atoms. The van der Waals surface area contributed by atoms with Crippen LogP contribution in [0.25, 0.3) is 11.1 Å². The van der Waals surface area contributed by atoms with Crippen LogP contribution in [0.1, 0.15) is 36.8 Å². The van der Waals surface area contributed by atoms with Gasteiger partial charge in [-0.3, -0.25) is 9.69 Å². The Bertz CT molecular complexity index is 784. The summed E-state index contributed by atoms with van der Waals surface area (Å²) in [5.74, 6) is 0.0840. The Morgan fingerprint density at radius 3 is 2.24 bits per heavy atom. The van der Waals surface area contributed by atoms with Crippen LogP contribution in [0.15, 0.2) is 48.5 Å². The topological polar surface area (TPSA) is 46.6 Å². The van der Waals surface area contributed by atoms with Gasteiger partial charge in [0.2, 0.25) is 0 Å². The van der Waals surface area contributed by atoms with E-state index in [0.717, 1.165) is 12.8 Å². The van der Waals surface area contributed by atoms with Gasteiger partial charge in [-0.15, -0.1) is 0 Å². The van der Waals surface area contributed by atoms with Crippen LogP contribution >= 0.6 is 0 Å². The van der Waals surface area contributed by atoms with Crippen molar-refractivity contribution in [3.8, 4) is 11.1 Å². The summed E-state index contributed by atoms with van der Waals surface area (Å²) in [5.41, 5.74) is 4.81. The molecule has 4 rings (SSSR count). The normalized spacial score (nSPS) is 18.8. The molecule has 1 heterocycles. The third kappa shape index (κ3) is 2.72. The van der Waals surface area contributed by atoms with Crippen LogP contribution in [0.5, 0.6) is 0 Å². The lowest BCUT2D eigenvalue weighted by atomic mass is 9.98. The molecule has 0 aromatic heterocycles. The van der Waals surface area contributed by atoms with Crippen molar-refractivity contribution in [2.75, 3.05) is 13.2 Å². The SMILES string of the molecule is CC(=O)[C@H]1CCCN1C(=O)OCC1c2ccccc2-c2ccccc21. The zero-order valence-electron chi connectivity index (χ0n) is 14.3. The molecule has 0 N–H and O–H groups in total. The number of benzene rings is 2. The number of hydrogen-bond donors (Lipinski definition) is 0. The Kier molecular flexibility index (Phi) is 4.04. The Morgan fingerprint density at radius 2 is 1.64 bits per heavy atom. The zero-order valence-corrected chi connectivity index (χ0v) is 14.3. The second-order valence-corrected chi connectivity index (χ2v) is 6.77. The van der Waals surface area contributed by atoms with Gasteiger partial charge in [-0.1, -0.05) is 48.5 Å². The first-order chi connectivity index (χ1) is 12.2. The molecule has 1 atom stereocenters. The van der Waals surface area contributed by atoms with E-state index >= 15 is 0 Å². The minimum atomic E-state index is -0.375. The summed E-state index contributed by atoms with van der Waals surface area (Å²) in [6.45, 7) is 2.44. The van der Waals surface area contributed by atoms with Gasteiger partial charge in [0.05, 0.1) is 6.04 Å². The first-order valence-electron chi connectivity index (χ1n) is 8.79. The Morgan fingerprint density at radius 1 is 1.04 bits per heavy atom. The summed E-state index contributed by atoms with van der Waals surface area (Å²) < 4.78 is 5.64. The molecule has 0 unspecified atom stereocenters. The minimum Gasteiger partial charge on any atom is -0.448 e. The molecule has 0 saturated carbocycles. The van der Waals surface area contributed by atoms with Crippen LogP contribution in [-0.2, 0) is 9.53 Å². The summed E-state index contributed by atoms with van der Waals surface area (Å²) >= 11 is 0. The predicted octanol–water partition coefficient (Wildman–Crippen LogP) is 3.99. The number of hydrogen-bond acceptors (Lipinski definition) is 3. The highest BCUT2D eigenvalue weighted by molar-refractivity contribution is 5.86. The molecule has 25 heavy (non-hydrogen) atoms. The van der Waals surface area contributed by atoms with Crippen molar-refractivity contribution >= 4 is 11.9 Å². The highest BCUT2D eigenvalue weighted by Crippen LogP contribution is 2.44. The van der Waals surface area contributed by atoms with E-state index in [0.29, 0.717) is 13.2 Å². The number of ketones is 1. The largest absolute Gasteiger partial charge is 0.448 e. The fraction of sp³-hybridized carbons (Fsp3) is 0.333. The van der Waals surface area contributed by atoms with Crippen molar-refractivity contribution < 1.29 is 14.3 Å². The standard InChI is InChI=1S/C21H21NO3/c1-14(23)20-11-6-12-22(20)21(24)25-13-19-17-9-4-2-7-15(17)16-8-3-5-10-18(16)19/h2-5,7-10,19-20H,6,11-13H2,1H3/t20-/m1/s1. The first-order valence-corrected chi connectivity index (χ1v) is 8.79. The lowest BCUT2D eigenvalue weighted by Gasteiger charge is -2.23. The summed E-state index contributed by atoms with van der Waals surface area (Å²) in [6.07, 6.45) is 1.22. The maximum atomic E-state index is 12.5. The third-order valence-electron chi connectivity index (χ3n) is 5.29. The van der Waals surface area contributed by atoms with Crippen LogP contribution in [0.2, 0.25) is 0 Å². The third-order valence-corrected chi connectivity index (χ3v) is 5.29. The molecule has 4 nitrogen and oxygen atoms in total. The average molecular weight is 335 g/mol. The number of amides is 1. The summed E-state index contributed by atoms with van der Waals surface area (Å²) in [7, 11) is 0. The number of carbonyl (C=O) groups excluding carboxylic acids is 2. The number of ether oxygens (including phenoxy) is 1. The number of rotatable bonds is 3. The molecule has 1 fully saturated rings.